The number of nitrogens with zero attached hydrogens (tertiary/aromatic N) is 2. The Balaban J connectivity index is 1.78. The van der Waals surface area contributed by atoms with E-state index in [0.29, 0.717) is 22.6 Å². The van der Waals surface area contributed by atoms with Gasteiger partial charge in [0.2, 0.25) is 0 Å². The number of ether oxygens (including phenoxy) is 1. The lowest BCUT2D eigenvalue weighted by Crippen LogP contribution is -2.28. The Kier molecular flexibility index (Phi) is 6.40. The summed E-state index contributed by atoms with van der Waals surface area (Å²) in [6, 6.07) is 11.8. The number of fused-ring (bicyclic) bond motifs is 1. The number of hydrogen-bond donors (Lipinski definition) is 0. The molecule has 0 atom stereocenters. The van der Waals surface area contributed by atoms with Crippen LogP contribution in [0.15, 0.2) is 41.2 Å². The highest BCUT2D eigenvalue weighted by Gasteiger charge is 2.15. The van der Waals surface area contributed by atoms with Gasteiger partial charge in [0.25, 0.3) is 5.56 Å². The van der Waals surface area contributed by atoms with Gasteiger partial charge in [-0.05, 0) is 25.0 Å². The summed E-state index contributed by atoms with van der Waals surface area (Å²) in [6.45, 7) is 4.19. The highest BCUT2D eigenvalue weighted by Crippen LogP contribution is 2.30. The van der Waals surface area contributed by atoms with Crippen LogP contribution in [0.1, 0.15) is 38.4 Å². The van der Waals surface area contributed by atoms with Crippen molar-refractivity contribution < 1.29 is 9.53 Å². The molecule has 3 aromatic rings. The molecular weight excluding hydrogens is 360 g/mol. The Bertz CT molecular complexity index is 976. The summed E-state index contributed by atoms with van der Waals surface area (Å²) in [5.74, 6) is 0.133. The second kappa shape index (κ2) is 8.95. The van der Waals surface area contributed by atoms with Gasteiger partial charge in [0.1, 0.15) is 17.2 Å². The first-order chi connectivity index (χ1) is 13.1. The van der Waals surface area contributed by atoms with Crippen LogP contribution >= 0.6 is 11.3 Å². The highest BCUT2D eigenvalue weighted by molar-refractivity contribution is 7.21. The van der Waals surface area contributed by atoms with E-state index in [1.54, 1.807) is 6.92 Å². The summed E-state index contributed by atoms with van der Waals surface area (Å²) in [4.78, 5) is 31.2. The van der Waals surface area contributed by atoms with Gasteiger partial charge in [-0.25, -0.2) is 4.98 Å². The van der Waals surface area contributed by atoms with Gasteiger partial charge in [0, 0.05) is 4.88 Å². The molecule has 142 valence electrons. The van der Waals surface area contributed by atoms with Gasteiger partial charge >= 0.3 is 5.97 Å². The molecule has 0 aliphatic rings. The molecule has 2 heterocycles. The number of benzene rings is 1. The first kappa shape index (κ1) is 19.3. The Hall–Kier alpha value is -2.47. The summed E-state index contributed by atoms with van der Waals surface area (Å²) in [5.41, 5.74) is 0.856. The fraction of sp³-hybridized carbons (Fsp3) is 0.381. The second-order valence-corrected chi connectivity index (χ2v) is 7.56. The van der Waals surface area contributed by atoms with E-state index in [9.17, 15) is 9.59 Å². The largest absolute Gasteiger partial charge is 0.464 e. The van der Waals surface area contributed by atoms with E-state index < -0.39 is 5.97 Å². The molecule has 1 aromatic carbocycles. The Morgan fingerprint density at radius 1 is 1.19 bits per heavy atom. The number of carbonyl (C=O) groups excluding carboxylic acids is 1. The molecule has 0 radical (unpaired) electrons. The van der Waals surface area contributed by atoms with Crippen LogP contribution in [0.25, 0.3) is 20.7 Å². The third kappa shape index (κ3) is 4.63. The predicted molar refractivity (Wildman–Crippen MR) is 109 cm³/mol. The number of unbranched alkanes of at least 4 members (excludes halogenated alkanes) is 3. The van der Waals surface area contributed by atoms with E-state index >= 15 is 0 Å². The van der Waals surface area contributed by atoms with Gasteiger partial charge in [-0.3, -0.25) is 14.2 Å². The summed E-state index contributed by atoms with van der Waals surface area (Å²) in [7, 11) is 0. The van der Waals surface area contributed by atoms with E-state index in [2.05, 4.69) is 11.9 Å². The van der Waals surface area contributed by atoms with E-state index in [0.717, 1.165) is 36.1 Å². The fourth-order valence-corrected chi connectivity index (χ4v) is 4.01. The van der Waals surface area contributed by atoms with E-state index in [4.69, 9.17) is 4.74 Å². The second-order valence-electron chi connectivity index (χ2n) is 6.53. The SMILES string of the molecule is CCCCCCOC(=O)Cn1c(C)nc2sc(-c3ccccc3)cc2c1=O. The Labute approximate surface area is 162 Å². The smallest absolute Gasteiger partial charge is 0.326 e. The quantitative estimate of drug-likeness (QED) is 0.422. The maximum Gasteiger partial charge on any atom is 0.326 e. The summed E-state index contributed by atoms with van der Waals surface area (Å²) >= 11 is 1.49. The first-order valence-corrected chi connectivity index (χ1v) is 10.1. The molecule has 0 aliphatic carbocycles. The van der Waals surface area contributed by atoms with Crippen LogP contribution < -0.4 is 5.56 Å². The number of esters is 1. The molecule has 0 amide bonds. The molecular formula is C21H24N2O3S. The standard InChI is InChI=1S/C21H24N2O3S/c1-3-4-5-9-12-26-19(24)14-23-15(2)22-20-17(21(23)25)13-18(27-20)16-10-7-6-8-11-16/h6-8,10-11,13H,3-5,9,12,14H2,1-2H3. The van der Waals surface area contributed by atoms with Gasteiger partial charge in [-0.15, -0.1) is 11.3 Å². The normalized spacial score (nSPS) is 11.0. The molecule has 27 heavy (non-hydrogen) atoms. The molecule has 5 nitrogen and oxygen atoms in total. The molecule has 0 fully saturated rings. The van der Waals surface area contributed by atoms with Crippen LogP contribution in [0.3, 0.4) is 0 Å². The minimum absolute atomic E-state index is 0.0993. The monoisotopic (exact) mass is 384 g/mol. The first-order valence-electron chi connectivity index (χ1n) is 9.32. The maximum absolute atomic E-state index is 12.9. The maximum atomic E-state index is 12.9. The third-order valence-electron chi connectivity index (χ3n) is 4.45. The third-order valence-corrected chi connectivity index (χ3v) is 5.53. The minimum atomic E-state index is -0.392. The van der Waals surface area contributed by atoms with Crippen LogP contribution in [-0.4, -0.2) is 22.1 Å². The van der Waals surface area contributed by atoms with Crippen molar-refractivity contribution in [3.05, 3.63) is 52.6 Å². The van der Waals surface area contributed by atoms with Crippen molar-refractivity contribution in [2.45, 2.75) is 46.1 Å². The van der Waals surface area contributed by atoms with E-state index in [-0.39, 0.29) is 12.1 Å². The average molecular weight is 385 g/mol. The minimum Gasteiger partial charge on any atom is -0.464 e. The van der Waals surface area contributed by atoms with Crippen LogP contribution in [0.2, 0.25) is 0 Å². The summed E-state index contributed by atoms with van der Waals surface area (Å²) in [5, 5.41) is 0.542. The van der Waals surface area contributed by atoms with Crippen molar-refractivity contribution in [3.63, 3.8) is 0 Å². The van der Waals surface area contributed by atoms with Crippen molar-refractivity contribution in [3.8, 4) is 10.4 Å². The van der Waals surface area contributed by atoms with Gasteiger partial charge in [0.15, 0.2) is 0 Å². The van der Waals surface area contributed by atoms with Crippen molar-refractivity contribution >= 4 is 27.5 Å². The topological polar surface area (TPSA) is 61.2 Å². The number of hydrogen-bond acceptors (Lipinski definition) is 5. The predicted octanol–water partition coefficient (Wildman–Crippen LogP) is 4.56. The molecule has 0 saturated heterocycles. The number of aryl methyl sites for hydroxylation is 1. The zero-order chi connectivity index (χ0) is 19.2. The lowest BCUT2D eigenvalue weighted by atomic mass is 10.2. The van der Waals surface area contributed by atoms with Crippen LogP contribution in [0, 0.1) is 6.92 Å². The van der Waals surface area contributed by atoms with Crippen LogP contribution in [0.5, 0.6) is 0 Å². The molecule has 0 saturated carbocycles. The molecule has 0 bridgehead atoms. The van der Waals surface area contributed by atoms with Gasteiger partial charge in [-0.2, -0.15) is 0 Å². The lowest BCUT2D eigenvalue weighted by molar-refractivity contribution is -0.144. The number of carbonyl (C=O) groups is 1. The fourth-order valence-electron chi connectivity index (χ4n) is 2.94. The average Bonchev–Trinajstić information content (AvgIpc) is 3.10. The van der Waals surface area contributed by atoms with Crippen molar-refractivity contribution in [1.29, 1.82) is 0 Å². The van der Waals surface area contributed by atoms with Crippen molar-refractivity contribution in [1.82, 2.24) is 9.55 Å². The van der Waals surface area contributed by atoms with E-state index in [1.807, 2.05) is 36.4 Å². The summed E-state index contributed by atoms with van der Waals surface area (Å²) in [6.07, 6.45) is 4.18. The van der Waals surface area contributed by atoms with Crippen molar-refractivity contribution in [2.24, 2.45) is 0 Å². The molecule has 0 spiro atoms. The molecule has 0 N–H and O–H groups in total. The highest BCUT2D eigenvalue weighted by atomic mass is 32.1. The van der Waals surface area contributed by atoms with Gasteiger partial charge in [0.05, 0.1) is 12.0 Å². The summed E-state index contributed by atoms with van der Waals surface area (Å²) < 4.78 is 6.67. The van der Waals surface area contributed by atoms with E-state index in [1.165, 1.54) is 15.9 Å². The van der Waals surface area contributed by atoms with Crippen molar-refractivity contribution in [2.75, 3.05) is 6.61 Å². The molecule has 0 aliphatic heterocycles. The lowest BCUT2D eigenvalue weighted by Gasteiger charge is -2.09. The van der Waals surface area contributed by atoms with Crippen LogP contribution in [0.4, 0.5) is 0 Å². The number of rotatable bonds is 8. The van der Waals surface area contributed by atoms with Gasteiger partial charge in [-0.1, -0.05) is 56.5 Å². The zero-order valence-electron chi connectivity index (χ0n) is 15.7. The zero-order valence-corrected chi connectivity index (χ0v) is 16.6. The number of aromatic nitrogens is 2. The van der Waals surface area contributed by atoms with Gasteiger partial charge < -0.3 is 4.74 Å². The molecule has 0 unspecified atom stereocenters. The Morgan fingerprint density at radius 2 is 1.96 bits per heavy atom. The molecule has 3 rings (SSSR count). The molecule has 6 heteroatoms. The Morgan fingerprint density at radius 3 is 2.70 bits per heavy atom. The van der Waals surface area contributed by atoms with Crippen LogP contribution in [-0.2, 0) is 16.1 Å². The molecule has 2 aromatic heterocycles. The number of thiophene rings is 1.